The molecule has 202 valence electrons. The summed E-state index contributed by atoms with van der Waals surface area (Å²) in [5, 5.41) is 12.5. The van der Waals surface area contributed by atoms with Crippen molar-refractivity contribution in [2.45, 2.75) is 15.4 Å². The summed E-state index contributed by atoms with van der Waals surface area (Å²) in [6.07, 6.45) is 0. The van der Waals surface area contributed by atoms with Gasteiger partial charge in [0, 0.05) is 11.3 Å². The first-order chi connectivity index (χ1) is 19.2. The number of benzene rings is 5. The van der Waals surface area contributed by atoms with E-state index in [9.17, 15) is 21.9 Å². The standard InChI is InChI=1S/C31H26N2O5S2/c34-31(24-13-5-1-6-14-24,25-15-7-2-8-16-25)29-23-26(32-39(35,36)27-17-9-3-10-18-27)21-22-30(29)33-40(37,38)28-19-11-4-12-20-28/h1-23,32-34H. The monoisotopic (exact) mass is 570 g/mol. The highest BCUT2D eigenvalue weighted by molar-refractivity contribution is 7.93. The Morgan fingerprint density at radius 3 is 1.35 bits per heavy atom. The summed E-state index contributed by atoms with van der Waals surface area (Å²) in [5.41, 5.74) is -0.564. The first-order valence-corrected chi connectivity index (χ1v) is 15.3. The van der Waals surface area contributed by atoms with Gasteiger partial charge in [0.1, 0.15) is 5.60 Å². The minimum atomic E-state index is -4.05. The Kier molecular flexibility index (Phi) is 7.44. The molecule has 0 radical (unpaired) electrons. The molecule has 0 heterocycles. The second kappa shape index (κ2) is 11.0. The molecule has 0 saturated heterocycles. The molecule has 0 fully saturated rings. The van der Waals surface area contributed by atoms with Crippen LogP contribution in [0.2, 0.25) is 0 Å². The lowest BCUT2D eigenvalue weighted by atomic mass is 9.79. The zero-order valence-electron chi connectivity index (χ0n) is 21.2. The molecule has 0 aliphatic carbocycles. The topological polar surface area (TPSA) is 113 Å². The van der Waals surface area contributed by atoms with Gasteiger partial charge in [-0.2, -0.15) is 0 Å². The van der Waals surface area contributed by atoms with Crippen LogP contribution in [0.3, 0.4) is 0 Å². The predicted octanol–water partition coefficient (Wildman–Crippen LogP) is 5.57. The first kappa shape index (κ1) is 27.1. The van der Waals surface area contributed by atoms with Crippen LogP contribution in [0.4, 0.5) is 11.4 Å². The third kappa shape index (κ3) is 5.48. The number of nitrogens with one attached hydrogen (secondary N) is 2. The summed E-state index contributed by atoms with van der Waals surface area (Å²) in [6, 6.07) is 37.6. The van der Waals surface area contributed by atoms with Crippen molar-refractivity contribution in [2.75, 3.05) is 9.44 Å². The molecule has 5 aromatic carbocycles. The van der Waals surface area contributed by atoms with E-state index in [4.69, 9.17) is 0 Å². The van der Waals surface area contributed by atoms with E-state index >= 15 is 0 Å². The Bertz CT molecular complexity index is 1780. The average Bonchev–Trinajstić information content (AvgIpc) is 2.99. The van der Waals surface area contributed by atoms with Crippen molar-refractivity contribution in [3.63, 3.8) is 0 Å². The molecule has 0 atom stereocenters. The van der Waals surface area contributed by atoms with E-state index in [0.29, 0.717) is 11.1 Å². The highest BCUT2D eigenvalue weighted by atomic mass is 32.2. The largest absolute Gasteiger partial charge is 0.376 e. The van der Waals surface area contributed by atoms with Crippen LogP contribution in [0.1, 0.15) is 16.7 Å². The molecule has 3 N–H and O–H groups in total. The van der Waals surface area contributed by atoms with Gasteiger partial charge in [-0.05, 0) is 53.6 Å². The van der Waals surface area contributed by atoms with Gasteiger partial charge in [-0.3, -0.25) is 9.44 Å². The zero-order valence-corrected chi connectivity index (χ0v) is 22.8. The van der Waals surface area contributed by atoms with Crippen LogP contribution in [0.5, 0.6) is 0 Å². The highest BCUT2D eigenvalue weighted by Gasteiger charge is 2.37. The molecule has 7 nitrogen and oxygen atoms in total. The first-order valence-electron chi connectivity index (χ1n) is 12.3. The van der Waals surface area contributed by atoms with Crippen molar-refractivity contribution in [3.05, 3.63) is 156 Å². The third-order valence-corrected chi connectivity index (χ3v) is 9.17. The van der Waals surface area contributed by atoms with Crippen LogP contribution in [-0.4, -0.2) is 21.9 Å². The lowest BCUT2D eigenvalue weighted by Gasteiger charge is -2.32. The molecule has 0 aliphatic rings. The van der Waals surface area contributed by atoms with Crippen molar-refractivity contribution in [1.29, 1.82) is 0 Å². The lowest BCUT2D eigenvalue weighted by molar-refractivity contribution is 0.126. The van der Waals surface area contributed by atoms with Gasteiger partial charge in [-0.1, -0.05) is 97.1 Å². The van der Waals surface area contributed by atoms with Crippen LogP contribution >= 0.6 is 0 Å². The summed E-state index contributed by atoms with van der Waals surface area (Å²) in [4.78, 5) is 0.101. The quantitative estimate of drug-likeness (QED) is 0.201. The van der Waals surface area contributed by atoms with Crippen molar-refractivity contribution < 1.29 is 21.9 Å². The molecule has 9 heteroatoms. The van der Waals surface area contributed by atoms with Crippen LogP contribution in [-0.2, 0) is 25.6 Å². The number of hydrogen-bond donors (Lipinski definition) is 3. The van der Waals surface area contributed by atoms with Crippen LogP contribution in [0, 0.1) is 0 Å². The molecule has 0 amide bonds. The number of sulfonamides is 2. The van der Waals surface area contributed by atoms with E-state index in [0.717, 1.165) is 0 Å². The Balaban J connectivity index is 1.71. The van der Waals surface area contributed by atoms with Gasteiger partial charge in [0.15, 0.2) is 0 Å². The average molecular weight is 571 g/mol. The molecule has 0 saturated carbocycles. The maximum absolute atomic E-state index is 13.3. The van der Waals surface area contributed by atoms with E-state index in [-0.39, 0.29) is 26.7 Å². The van der Waals surface area contributed by atoms with Gasteiger partial charge in [-0.25, -0.2) is 16.8 Å². The van der Waals surface area contributed by atoms with Crippen molar-refractivity contribution in [3.8, 4) is 0 Å². The van der Waals surface area contributed by atoms with E-state index in [1.54, 1.807) is 97.1 Å². The molecule has 0 unspecified atom stereocenters. The van der Waals surface area contributed by atoms with Gasteiger partial charge in [0.25, 0.3) is 20.0 Å². The Hall–Kier alpha value is -4.44. The molecule has 40 heavy (non-hydrogen) atoms. The fourth-order valence-corrected chi connectivity index (χ4v) is 6.62. The second-order valence-corrected chi connectivity index (χ2v) is 12.4. The Morgan fingerprint density at radius 2 is 0.900 bits per heavy atom. The molecule has 0 bridgehead atoms. The summed E-state index contributed by atoms with van der Waals surface area (Å²) in [6.45, 7) is 0. The normalized spacial score (nSPS) is 12.0. The van der Waals surface area contributed by atoms with Crippen LogP contribution in [0.25, 0.3) is 0 Å². The summed E-state index contributed by atoms with van der Waals surface area (Å²) < 4.78 is 58.1. The molecular formula is C31H26N2O5S2. The third-order valence-electron chi connectivity index (χ3n) is 6.40. The van der Waals surface area contributed by atoms with Crippen LogP contribution < -0.4 is 9.44 Å². The van der Waals surface area contributed by atoms with E-state index in [1.165, 1.54) is 42.5 Å². The highest BCUT2D eigenvalue weighted by Crippen LogP contribution is 2.42. The fraction of sp³-hybridized carbons (Fsp3) is 0.0323. The van der Waals surface area contributed by atoms with Gasteiger partial charge in [0.2, 0.25) is 0 Å². The fourth-order valence-electron chi connectivity index (χ4n) is 4.45. The second-order valence-electron chi connectivity index (χ2n) is 9.04. The Labute approximate surface area is 233 Å². The minimum absolute atomic E-state index is 0.0396. The van der Waals surface area contributed by atoms with Gasteiger partial charge in [-0.15, -0.1) is 0 Å². The Morgan fingerprint density at radius 1 is 0.500 bits per heavy atom. The van der Waals surface area contributed by atoms with E-state index < -0.39 is 25.6 Å². The van der Waals surface area contributed by atoms with Crippen molar-refractivity contribution >= 4 is 31.4 Å². The number of aliphatic hydroxyl groups is 1. The van der Waals surface area contributed by atoms with E-state index in [2.05, 4.69) is 9.44 Å². The minimum Gasteiger partial charge on any atom is -0.376 e. The molecule has 5 rings (SSSR count). The van der Waals surface area contributed by atoms with Crippen LogP contribution in [0.15, 0.2) is 149 Å². The number of hydrogen-bond acceptors (Lipinski definition) is 5. The van der Waals surface area contributed by atoms with Gasteiger partial charge >= 0.3 is 0 Å². The molecule has 5 aromatic rings. The maximum Gasteiger partial charge on any atom is 0.261 e. The predicted molar refractivity (Wildman–Crippen MR) is 156 cm³/mol. The zero-order chi connectivity index (χ0) is 28.2. The lowest BCUT2D eigenvalue weighted by Crippen LogP contribution is -2.31. The molecule has 0 spiro atoms. The smallest absolute Gasteiger partial charge is 0.261 e. The van der Waals surface area contributed by atoms with Crippen molar-refractivity contribution in [1.82, 2.24) is 0 Å². The number of rotatable bonds is 9. The van der Waals surface area contributed by atoms with Crippen molar-refractivity contribution in [2.24, 2.45) is 0 Å². The number of anilines is 2. The summed E-state index contributed by atoms with van der Waals surface area (Å²) in [5.74, 6) is 0. The molecule has 0 aromatic heterocycles. The summed E-state index contributed by atoms with van der Waals surface area (Å²) >= 11 is 0. The maximum atomic E-state index is 13.3. The molecular weight excluding hydrogens is 544 g/mol. The van der Waals surface area contributed by atoms with E-state index in [1.807, 2.05) is 0 Å². The summed E-state index contributed by atoms with van der Waals surface area (Å²) in [7, 11) is -8.02. The SMILES string of the molecule is O=S(=O)(Nc1ccc(NS(=O)(=O)c2ccccc2)c(C(O)(c2ccccc2)c2ccccc2)c1)c1ccccc1. The molecule has 0 aliphatic heterocycles. The van der Waals surface area contributed by atoms with Gasteiger partial charge < -0.3 is 5.11 Å². The van der Waals surface area contributed by atoms with Gasteiger partial charge in [0.05, 0.1) is 15.5 Å².